The summed E-state index contributed by atoms with van der Waals surface area (Å²) in [5, 5.41) is 3.95. The topological polar surface area (TPSA) is 73.1 Å². The van der Waals surface area contributed by atoms with Gasteiger partial charge in [-0.2, -0.15) is 0 Å². The van der Waals surface area contributed by atoms with Crippen molar-refractivity contribution in [3.8, 4) is 5.75 Å². The number of hydrogen-bond donors (Lipinski definition) is 2. The van der Waals surface area contributed by atoms with Crippen molar-refractivity contribution in [3.63, 3.8) is 0 Å². The molecule has 0 aliphatic heterocycles. The smallest absolute Gasteiger partial charge is 0.189 e. The van der Waals surface area contributed by atoms with Gasteiger partial charge in [-0.25, -0.2) is 9.97 Å². The number of nitrogens with one attached hydrogen (secondary N) is 1. The number of hydrogen-bond acceptors (Lipinski definition) is 6. The van der Waals surface area contributed by atoms with E-state index in [4.69, 9.17) is 10.5 Å². The first-order chi connectivity index (χ1) is 9.65. The van der Waals surface area contributed by atoms with Crippen LogP contribution in [0.1, 0.15) is 0 Å². The molecule has 7 heteroatoms. The van der Waals surface area contributed by atoms with Gasteiger partial charge in [-0.3, -0.25) is 0 Å². The second kappa shape index (κ2) is 5.26. The van der Waals surface area contributed by atoms with Crippen molar-refractivity contribution in [2.75, 3.05) is 18.2 Å². The van der Waals surface area contributed by atoms with E-state index in [-0.39, 0.29) is 0 Å². The Bertz CT molecular complexity index is 774. The minimum absolute atomic E-state index is 0.608. The van der Waals surface area contributed by atoms with E-state index in [0.29, 0.717) is 11.5 Å². The van der Waals surface area contributed by atoms with E-state index in [1.54, 1.807) is 30.7 Å². The van der Waals surface area contributed by atoms with E-state index >= 15 is 0 Å². The second-order valence-electron chi connectivity index (χ2n) is 4.08. The third kappa shape index (κ3) is 2.54. The molecule has 3 N–H and O–H groups in total. The van der Waals surface area contributed by atoms with E-state index < -0.39 is 0 Å². The maximum Gasteiger partial charge on any atom is 0.189 e. The summed E-state index contributed by atoms with van der Waals surface area (Å²) in [6.45, 7) is 0. The lowest BCUT2D eigenvalue weighted by atomic mass is 10.3. The van der Waals surface area contributed by atoms with Gasteiger partial charge in [0.2, 0.25) is 0 Å². The van der Waals surface area contributed by atoms with E-state index in [1.807, 2.05) is 18.2 Å². The number of methoxy groups -OCH3 is 1. The highest BCUT2D eigenvalue weighted by molar-refractivity contribution is 9.10. The van der Waals surface area contributed by atoms with Crippen LogP contribution in [-0.2, 0) is 0 Å². The molecular formula is C13H11BrN4OS. The molecule has 1 aromatic carbocycles. The molecule has 5 nitrogen and oxygen atoms in total. The van der Waals surface area contributed by atoms with Crippen molar-refractivity contribution in [2.45, 2.75) is 0 Å². The van der Waals surface area contributed by atoms with Gasteiger partial charge in [-0.05, 0) is 40.2 Å². The highest BCUT2D eigenvalue weighted by Gasteiger charge is 2.08. The monoisotopic (exact) mass is 350 g/mol. The molecule has 0 fully saturated rings. The fourth-order valence-electron chi connectivity index (χ4n) is 1.73. The van der Waals surface area contributed by atoms with Crippen molar-refractivity contribution in [2.24, 2.45) is 0 Å². The third-order valence-corrected chi connectivity index (χ3v) is 4.22. The largest absolute Gasteiger partial charge is 0.497 e. The molecule has 0 unspecified atom stereocenters. The lowest BCUT2D eigenvalue weighted by Gasteiger charge is -2.04. The lowest BCUT2D eigenvalue weighted by molar-refractivity contribution is 0.415. The number of thiazole rings is 1. The summed E-state index contributed by atoms with van der Waals surface area (Å²) >= 11 is 4.96. The summed E-state index contributed by atoms with van der Waals surface area (Å²) in [6, 6.07) is 7.58. The molecule has 0 aliphatic carbocycles. The molecule has 0 radical (unpaired) electrons. The summed E-state index contributed by atoms with van der Waals surface area (Å²) < 4.78 is 7.06. The first-order valence-electron chi connectivity index (χ1n) is 5.78. The van der Waals surface area contributed by atoms with Crippen LogP contribution in [0.15, 0.2) is 34.9 Å². The predicted molar refractivity (Wildman–Crippen MR) is 85.8 cm³/mol. The number of anilines is 3. The van der Waals surface area contributed by atoms with Gasteiger partial charge in [0.05, 0.1) is 33.7 Å². The zero-order chi connectivity index (χ0) is 14.1. The Hall–Kier alpha value is -1.86. The number of nitrogens with zero attached hydrogens (tertiary/aromatic N) is 2. The molecule has 0 bridgehead atoms. The van der Waals surface area contributed by atoms with Crippen LogP contribution in [0.5, 0.6) is 5.75 Å². The number of halogens is 1. The van der Waals surface area contributed by atoms with E-state index in [0.717, 1.165) is 25.6 Å². The summed E-state index contributed by atoms with van der Waals surface area (Å²) in [5.74, 6) is 1.50. The highest BCUT2D eigenvalue weighted by atomic mass is 79.9. The van der Waals surface area contributed by atoms with Gasteiger partial charge in [-0.1, -0.05) is 11.3 Å². The quantitative estimate of drug-likeness (QED) is 0.751. The Balaban J connectivity index is 1.94. The fourth-order valence-corrected chi connectivity index (χ4v) is 3.09. The molecule has 2 aromatic heterocycles. The molecule has 20 heavy (non-hydrogen) atoms. The predicted octanol–water partition coefficient (Wildman–Crippen LogP) is 3.79. The minimum atomic E-state index is 0.608. The fraction of sp³-hybridized carbons (Fsp3) is 0.0769. The molecule has 3 rings (SSSR count). The Labute approximate surface area is 127 Å². The van der Waals surface area contributed by atoms with Crippen molar-refractivity contribution in [3.05, 3.63) is 34.9 Å². The number of nitrogen functional groups attached to an aromatic ring is 1. The second-order valence-corrected chi connectivity index (χ2v) is 5.96. The zero-order valence-electron chi connectivity index (χ0n) is 10.6. The number of aromatic nitrogens is 2. The first kappa shape index (κ1) is 13.1. The number of ether oxygens (including phenoxy) is 1. The van der Waals surface area contributed by atoms with E-state index in [1.165, 1.54) is 0 Å². The van der Waals surface area contributed by atoms with E-state index in [2.05, 4.69) is 31.2 Å². The molecule has 0 atom stereocenters. The van der Waals surface area contributed by atoms with Gasteiger partial charge in [0.1, 0.15) is 11.6 Å². The van der Waals surface area contributed by atoms with Gasteiger partial charge in [0, 0.05) is 0 Å². The summed E-state index contributed by atoms with van der Waals surface area (Å²) in [4.78, 5) is 8.74. The van der Waals surface area contributed by atoms with Gasteiger partial charge in [-0.15, -0.1) is 0 Å². The van der Waals surface area contributed by atoms with Crippen LogP contribution in [0.25, 0.3) is 10.2 Å². The minimum Gasteiger partial charge on any atom is -0.497 e. The zero-order valence-corrected chi connectivity index (χ0v) is 13.0. The van der Waals surface area contributed by atoms with Crippen LogP contribution < -0.4 is 15.8 Å². The number of fused-ring (bicyclic) bond motifs is 1. The van der Waals surface area contributed by atoms with Gasteiger partial charge >= 0.3 is 0 Å². The molecule has 0 amide bonds. The molecule has 0 spiro atoms. The van der Waals surface area contributed by atoms with Crippen LogP contribution >= 0.6 is 27.3 Å². The van der Waals surface area contributed by atoms with Gasteiger partial charge in [0.25, 0.3) is 0 Å². The average Bonchev–Trinajstić information content (AvgIpc) is 2.83. The van der Waals surface area contributed by atoms with Crippen molar-refractivity contribution in [1.82, 2.24) is 9.97 Å². The SMILES string of the molecule is COc1ccc2nc(Nc3ncc(N)cc3Br)sc2c1. The summed E-state index contributed by atoms with van der Waals surface area (Å²) in [5.41, 5.74) is 7.20. The first-order valence-corrected chi connectivity index (χ1v) is 7.39. The molecular weight excluding hydrogens is 340 g/mol. The Morgan fingerprint density at radius 1 is 1.35 bits per heavy atom. The molecule has 3 aromatic rings. The highest BCUT2D eigenvalue weighted by Crippen LogP contribution is 2.32. The van der Waals surface area contributed by atoms with E-state index in [9.17, 15) is 0 Å². The third-order valence-electron chi connectivity index (χ3n) is 2.68. The van der Waals surface area contributed by atoms with Crippen LogP contribution in [0.3, 0.4) is 0 Å². The van der Waals surface area contributed by atoms with Crippen LogP contribution in [0.2, 0.25) is 0 Å². The Kier molecular flexibility index (Phi) is 3.45. The Morgan fingerprint density at radius 3 is 2.95 bits per heavy atom. The standard InChI is InChI=1S/C13H11BrN4OS/c1-19-8-2-3-10-11(5-8)20-13(17-10)18-12-9(14)4-7(15)6-16-12/h2-6H,15H2,1H3,(H,16,17,18). The number of rotatable bonds is 3. The maximum atomic E-state index is 5.67. The lowest BCUT2D eigenvalue weighted by Crippen LogP contribution is -1.95. The molecule has 0 saturated heterocycles. The van der Waals surface area contributed by atoms with Crippen LogP contribution in [0.4, 0.5) is 16.6 Å². The van der Waals surface area contributed by atoms with Gasteiger partial charge in [0.15, 0.2) is 5.13 Å². The summed E-state index contributed by atoms with van der Waals surface area (Å²) in [6.07, 6.45) is 1.60. The number of benzene rings is 1. The molecule has 2 heterocycles. The summed E-state index contributed by atoms with van der Waals surface area (Å²) in [7, 11) is 1.65. The normalized spacial score (nSPS) is 10.7. The average molecular weight is 351 g/mol. The van der Waals surface area contributed by atoms with Crippen LogP contribution in [0, 0.1) is 0 Å². The Morgan fingerprint density at radius 2 is 2.20 bits per heavy atom. The van der Waals surface area contributed by atoms with Crippen molar-refractivity contribution < 1.29 is 4.74 Å². The maximum absolute atomic E-state index is 5.67. The molecule has 0 saturated carbocycles. The van der Waals surface area contributed by atoms with Crippen LogP contribution in [-0.4, -0.2) is 17.1 Å². The molecule has 102 valence electrons. The van der Waals surface area contributed by atoms with Crippen molar-refractivity contribution in [1.29, 1.82) is 0 Å². The number of pyridine rings is 1. The van der Waals surface area contributed by atoms with Crippen molar-refractivity contribution >= 4 is 54.1 Å². The van der Waals surface area contributed by atoms with Gasteiger partial charge < -0.3 is 15.8 Å². The number of nitrogens with two attached hydrogens (primary N) is 1. The molecule has 0 aliphatic rings.